The van der Waals surface area contributed by atoms with Crippen LogP contribution in [0.15, 0.2) is 104 Å². The maximum Gasteiger partial charge on any atom is 0.341 e. The van der Waals surface area contributed by atoms with E-state index in [-0.39, 0.29) is 125 Å². The number of phenols is 4. The number of ether oxygens (including phenoxy) is 5. The monoisotopic (exact) mass is 1900 g/mol. The smallest absolute Gasteiger partial charge is 0.341 e. The fraction of sp³-hybridized carbons (Fsp3) is 0.371. The third-order valence-corrected chi connectivity index (χ3v) is 18.9. The average Bonchev–Trinajstić information content (AvgIpc) is 0.779. The molecule has 1 aromatic heterocycles. The highest BCUT2D eigenvalue weighted by molar-refractivity contribution is 9.11. The van der Waals surface area contributed by atoms with Gasteiger partial charge in [0, 0.05) is 128 Å². The van der Waals surface area contributed by atoms with E-state index >= 15 is 0 Å². The molecule has 5 aromatic carbocycles. The SMILES string of the molecule is CC(=O)c1cc(C(=O)N(C)C)cc(Br)c1O.CC(=O)c1cc(C(=O)O)cc(Br)c1O.CN(C)C(=O)c1cc(Br)c(O)c(C(=O)CC(=O)N2CCOCC2)c1.CN(C)C(=O)c1cc(Br)c2oc(N3CCOCC3)cc(=O)c2c1.COC(=O)c1ccc(O)c(Br)c1.ClC(Cl)=[N+]1CCOCC1.O=C(Cl)N1CCOCC1.[Cl-]. The average molecular weight is 1910 g/mol. The Kier molecular flexibility index (Phi) is 40.7. The lowest BCUT2D eigenvalue weighted by Gasteiger charge is -2.27. The number of phenolic OH excluding ortho intramolecular Hbond substituents is 4. The third kappa shape index (κ3) is 29.2. The Morgan fingerprint density at radius 3 is 1.30 bits per heavy atom. The summed E-state index contributed by atoms with van der Waals surface area (Å²) < 4.78 is 35.0. The lowest BCUT2D eigenvalue weighted by molar-refractivity contribution is -0.545. The molecule has 0 radical (unpaired) electrons. The summed E-state index contributed by atoms with van der Waals surface area (Å²) in [6.45, 7) is 12.5. The molecule has 5 heterocycles. The Morgan fingerprint density at radius 1 is 0.509 bits per heavy atom. The van der Waals surface area contributed by atoms with Crippen LogP contribution < -0.4 is 22.7 Å². The number of carbonyl (C=O) groups excluding carboxylic acids is 9. The van der Waals surface area contributed by atoms with Crippen LogP contribution in [0.1, 0.15) is 103 Å². The fourth-order valence-electron chi connectivity index (χ4n) is 9.34. The number of aromatic hydroxyl groups is 4. The first-order valence-electron chi connectivity index (χ1n) is 31.9. The summed E-state index contributed by atoms with van der Waals surface area (Å²) in [4.78, 5) is 137. The number of benzene rings is 5. The van der Waals surface area contributed by atoms with Gasteiger partial charge in [-0.3, -0.25) is 43.2 Å². The van der Waals surface area contributed by atoms with Gasteiger partial charge < -0.3 is 95.4 Å². The van der Waals surface area contributed by atoms with Crippen LogP contribution in [0.25, 0.3) is 11.0 Å². The molecule has 5 amide bonds. The normalized spacial score (nSPS) is 13.5. The number of carboxylic acids is 1. The predicted octanol–water partition coefficient (Wildman–Crippen LogP) is 7.98. The number of esters is 1. The van der Waals surface area contributed by atoms with Crippen LogP contribution in [0.2, 0.25) is 0 Å². The lowest BCUT2D eigenvalue weighted by Crippen LogP contribution is -3.00. The van der Waals surface area contributed by atoms with Crippen molar-refractivity contribution in [3.05, 3.63) is 150 Å². The number of ketones is 3. The molecule has 108 heavy (non-hydrogen) atoms. The van der Waals surface area contributed by atoms with Crippen LogP contribution in [-0.2, 0) is 28.5 Å². The number of nitrogens with zero attached hydrogens (tertiary/aromatic N) is 7. The molecule has 4 aliphatic rings. The summed E-state index contributed by atoms with van der Waals surface area (Å²) in [5.41, 5.74) is 1.80. The molecule has 0 unspecified atom stereocenters. The number of carbonyl (C=O) groups is 10. The first-order valence-corrected chi connectivity index (χ1v) is 37.0. The van der Waals surface area contributed by atoms with Gasteiger partial charge in [-0.15, -0.1) is 0 Å². The molecule has 10 rings (SSSR count). The number of anilines is 1. The van der Waals surface area contributed by atoms with Crippen molar-refractivity contribution < 1.29 is 119 Å². The number of hydrogen-bond donors (Lipinski definition) is 5. The molecule has 4 saturated heterocycles. The lowest BCUT2D eigenvalue weighted by atomic mass is 10.0. The summed E-state index contributed by atoms with van der Waals surface area (Å²) >= 11 is 31.9. The number of hydrogen-bond acceptors (Lipinski definition) is 22. The minimum atomic E-state index is -1.15. The van der Waals surface area contributed by atoms with Crippen molar-refractivity contribution in [1.29, 1.82) is 0 Å². The summed E-state index contributed by atoms with van der Waals surface area (Å²) in [7, 11) is 11.1. The van der Waals surface area contributed by atoms with Crippen molar-refractivity contribution in [2.45, 2.75) is 20.3 Å². The number of morpholine rings is 4. The van der Waals surface area contributed by atoms with E-state index in [2.05, 4.69) is 84.4 Å². The van der Waals surface area contributed by atoms with Gasteiger partial charge in [-0.1, -0.05) is 0 Å². The summed E-state index contributed by atoms with van der Waals surface area (Å²) in [5.74, 6) is -3.78. The van der Waals surface area contributed by atoms with Gasteiger partial charge in [-0.25, -0.2) is 14.2 Å². The summed E-state index contributed by atoms with van der Waals surface area (Å²) in [6, 6.07) is 17.2. The van der Waals surface area contributed by atoms with Gasteiger partial charge in [0.25, 0.3) is 17.7 Å². The van der Waals surface area contributed by atoms with Gasteiger partial charge in [0.15, 0.2) is 47.3 Å². The number of amides is 5. The zero-order valence-corrected chi connectivity index (χ0v) is 70.6. The maximum atomic E-state index is 12.5. The molecule has 4 fully saturated rings. The van der Waals surface area contributed by atoms with Crippen molar-refractivity contribution in [3.8, 4) is 23.0 Å². The standard InChI is InChI=1S/C16H19BrN2O5.C16H17BrN2O4.C11H12BrNO3.C9H7BrO4.C8H7BrO3.C5H8Cl2NO.C5H8ClNO2.ClH/c1-18(2)16(23)10-7-11(15(22)12(17)8-10)13(20)9-14(21)19-3-5-24-6-4-19;1-18(2)16(21)10-7-11-13(20)9-14(19-3-5-22-6-4-19)23-15(11)12(17)8-10;1-6(14)8-4-7(11(16)13(2)3)5-9(12)10(8)15;1-4(11)6-2-5(9(13)14)3-7(10)8(6)12;1-12-8(11)5-2-3-7(10)6(9)4-5;6-5(7)8-1-3-9-4-2-8;6-5(8)7-1-3-9-4-2-7;/h7-8,22H,3-6,9H2,1-2H3;7-9H,3-6H2,1-2H3;4-5,15H,1-3H3;2-3,12H,1H3,(H,13,14);2-4,10H,1H3;2*1-4H2;1H/q;;;;;+1;;/p-1. The van der Waals surface area contributed by atoms with Crippen LogP contribution in [0.5, 0.6) is 23.0 Å². The molecule has 0 bridgehead atoms. The number of methoxy groups -OCH3 is 1. The zero-order valence-electron chi connectivity index (χ0n) is 59.7. The molecule has 588 valence electrons. The Balaban J connectivity index is 0.000000336. The molecule has 0 spiro atoms. The van der Waals surface area contributed by atoms with Crippen LogP contribution in [0, 0.1) is 0 Å². The topological polar surface area (TPSA) is 371 Å². The number of fused-ring (bicyclic) bond motifs is 1. The van der Waals surface area contributed by atoms with Crippen LogP contribution in [-0.4, -0.2) is 272 Å². The zero-order chi connectivity index (χ0) is 80.3. The quantitative estimate of drug-likeness (QED) is 0.0205. The Morgan fingerprint density at radius 2 is 0.898 bits per heavy atom. The predicted molar refractivity (Wildman–Crippen MR) is 416 cm³/mol. The van der Waals surface area contributed by atoms with E-state index in [1.165, 1.54) is 90.3 Å². The van der Waals surface area contributed by atoms with Crippen molar-refractivity contribution in [2.24, 2.45) is 0 Å². The molecular weight excluding hydrogens is 1830 g/mol. The minimum absolute atomic E-state index is 0. The molecule has 38 heteroatoms. The highest BCUT2D eigenvalue weighted by Gasteiger charge is 2.26. The molecule has 0 saturated carbocycles. The van der Waals surface area contributed by atoms with Crippen molar-refractivity contribution in [1.82, 2.24) is 24.5 Å². The highest BCUT2D eigenvalue weighted by atomic mass is 79.9. The molecule has 0 atom stereocenters. The second-order valence-electron chi connectivity index (χ2n) is 23.4. The fourth-order valence-corrected chi connectivity index (χ4v) is 12.1. The van der Waals surface area contributed by atoms with Gasteiger partial charge >= 0.3 is 21.9 Å². The molecular formula is C70H78Br5Cl4N7O22. The maximum absolute atomic E-state index is 12.5. The number of halogens is 9. The number of rotatable bonds is 11. The van der Waals surface area contributed by atoms with Gasteiger partial charge in [0.05, 0.1) is 109 Å². The van der Waals surface area contributed by atoms with Crippen molar-refractivity contribution in [2.75, 3.05) is 160 Å². The number of aromatic carboxylic acids is 1. The Labute approximate surface area is 684 Å². The van der Waals surface area contributed by atoms with E-state index in [9.17, 15) is 68.1 Å². The van der Waals surface area contributed by atoms with Gasteiger partial charge in [-0.2, -0.15) is 0 Å². The summed E-state index contributed by atoms with van der Waals surface area (Å²) in [6.07, 6.45) is -0.361. The van der Waals surface area contributed by atoms with Crippen molar-refractivity contribution in [3.63, 3.8) is 0 Å². The first-order chi connectivity index (χ1) is 50.3. The molecule has 29 nitrogen and oxygen atoms in total. The molecule has 0 aliphatic carbocycles. The second kappa shape index (κ2) is 46.4. The number of carboxylic acid groups (broad SMARTS) is 1. The number of Topliss-reactive ketones (excluding diaryl/α,β-unsaturated/α-hetero) is 3. The molecule has 5 N–H and O–H groups in total. The Bertz CT molecular complexity index is 4330. The van der Waals surface area contributed by atoms with E-state index in [1.54, 1.807) is 64.2 Å². The van der Waals surface area contributed by atoms with Crippen LogP contribution in [0.3, 0.4) is 0 Å². The van der Waals surface area contributed by atoms with Crippen molar-refractivity contribution >= 4 is 194 Å². The minimum Gasteiger partial charge on any atom is -1.00 e. The van der Waals surface area contributed by atoms with E-state index in [1.807, 2.05) is 9.48 Å². The van der Waals surface area contributed by atoms with E-state index < -0.39 is 17.7 Å². The Hall–Kier alpha value is -7.32. The van der Waals surface area contributed by atoms with E-state index in [0.29, 0.717) is 131 Å². The largest absolute Gasteiger partial charge is 1.00 e. The van der Waals surface area contributed by atoms with Crippen LogP contribution in [0.4, 0.5) is 10.7 Å². The van der Waals surface area contributed by atoms with Gasteiger partial charge in [0.2, 0.25) is 5.91 Å². The third-order valence-electron chi connectivity index (χ3n) is 15.1. The molecule has 6 aromatic rings. The molecule has 4 aliphatic heterocycles. The van der Waals surface area contributed by atoms with Gasteiger partial charge in [-0.05, 0) is 172 Å². The van der Waals surface area contributed by atoms with E-state index in [4.69, 9.17) is 68.4 Å². The van der Waals surface area contributed by atoms with Crippen LogP contribution >= 0.6 is 114 Å². The van der Waals surface area contributed by atoms with Gasteiger partial charge in [0.1, 0.15) is 36.2 Å². The van der Waals surface area contributed by atoms with E-state index in [0.717, 1.165) is 32.4 Å². The summed E-state index contributed by atoms with van der Waals surface area (Å²) in [5, 5.41) is 46.9. The second-order valence-corrected chi connectivity index (χ2v) is 28.9. The highest BCUT2D eigenvalue weighted by Crippen LogP contribution is 2.34. The first kappa shape index (κ1) is 94.9.